The van der Waals surface area contributed by atoms with E-state index in [9.17, 15) is 13.2 Å². The molecule has 0 saturated heterocycles. The number of aromatic nitrogens is 1. The van der Waals surface area contributed by atoms with Crippen molar-refractivity contribution in [2.24, 2.45) is 0 Å². The van der Waals surface area contributed by atoms with Gasteiger partial charge in [0.15, 0.2) is 0 Å². The van der Waals surface area contributed by atoms with Crippen LogP contribution >= 0.6 is 0 Å². The lowest BCUT2D eigenvalue weighted by molar-refractivity contribution is -0.137. The molecule has 1 aliphatic rings. The van der Waals surface area contributed by atoms with Gasteiger partial charge in [-0.3, -0.25) is 9.52 Å². The second kappa shape index (κ2) is 9.27. The lowest BCUT2D eigenvalue weighted by Crippen LogP contribution is -2.09. The summed E-state index contributed by atoms with van der Waals surface area (Å²) in [5.41, 5.74) is 4.15. The smallest absolute Gasteiger partial charge is 0.303 e. The third-order valence-corrected chi connectivity index (χ3v) is 6.26. The predicted octanol–water partition coefficient (Wildman–Crippen LogP) is 4.15. The fourth-order valence-electron chi connectivity index (χ4n) is 4.17. The molecule has 1 aliphatic carbocycles. The minimum Gasteiger partial charge on any atom is -0.493 e. The molecule has 174 valence electrons. The van der Waals surface area contributed by atoms with Crippen molar-refractivity contribution in [1.82, 2.24) is 4.98 Å². The van der Waals surface area contributed by atoms with E-state index < -0.39 is 16.0 Å². The molecule has 0 amide bonds. The van der Waals surface area contributed by atoms with Crippen LogP contribution in [0, 0.1) is 6.92 Å². The molecular weight excluding hydrogens is 444 g/mol. The zero-order valence-corrected chi connectivity index (χ0v) is 19.3. The Balaban J connectivity index is 1.39. The van der Waals surface area contributed by atoms with Crippen molar-refractivity contribution in [1.29, 1.82) is 0 Å². The number of rotatable bonds is 9. The van der Waals surface area contributed by atoms with Crippen LogP contribution in [0.25, 0.3) is 11.5 Å². The van der Waals surface area contributed by atoms with Gasteiger partial charge in [0.05, 0.1) is 25.0 Å². The molecule has 2 aromatic carbocycles. The summed E-state index contributed by atoms with van der Waals surface area (Å²) in [4.78, 5) is 15.6. The van der Waals surface area contributed by atoms with E-state index in [2.05, 4.69) is 9.71 Å². The number of hydrogen-bond donors (Lipinski definition) is 2. The van der Waals surface area contributed by atoms with Crippen LogP contribution in [0.2, 0.25) is 0 Å². The summed E-state index contributed by atoms with van der Waals surface area (Å²) in [6.45, 7) is 2.25. The number of fused-ring (bicyclic) bond motifs is 1. The maximum absolute atomic E-state index is 11.5. The zero-order valence-electron chi connectivity index (χ0n) is 18.5. The van der Waals surface area contributed by atoms with E-state index in [0.29, 0.717) is 35.9 Å². The third kappa shape index (κ3) is 5.73. The Bertz CT molecular complexity index is 1280. The molecule has 0 saturated carbocycles. The Labute approximate surface area is 192 Å². The van der Waals surface area contributed by atoms with E-state index in [-0.39, 0.29) is 12.3 Å². The van der Waals surface area contributed by atoms with Gasteiger partial charge in [-0.25, -0.2) is 13.4 Å². The summed E-state index contributed by atoms with van der Waals surface area (Å²) < 4.78 is 37.1. The molecule has 1 aromatic heterocycles. The first-order chi connectivity index (χ1) is 15.7. The molecule has 2 N–H and O–H groups in total. The summed E-state index contributed by atoms with van der Waals surface area (Å²) >= 11 is 0. The van der Waals surface area contributed by atoms with Crippen LogP contribution in [0.5, 0.6) is 5.75 Å². The molecule has 4 rings (SSSR count). The second-order valence-corrected chi connectivity index (χ2v) is 10.0. The van der Waals surface area contributed by atoms with Crippen LogP contribution in [0.3, 0.4) is 0 Å². The van der Waals surface area contributed by atoms with Gasteiger partial charge in [-0.05, 0) is 67.1 Å². The van der Waals surface area contributed by atoms with Crippen molar-refractivity contribution in [3.63, 3.8) is 0 Å². The number of nitrogens with one attached hydrogen (secondary N) is 1. The SMILES string of the molecule is Cc1oc(-c2cccc(NS(C)(=O)=O)c2)nc1CCOc1ccc2c(c1)CC[C@H]2CC(=O)O. The molecule has 33 heavy (non-hydrogen) atoms. The largest absolute Gasteiger partial charge is 0.493 e. The van der Waals surface area contributed by atoms with Crippen molar-refractivity contribution in [2.75, 3.05) is 17.6 Å². The summed E-state index contributed by atoms with van der Waals surface area (Å²) in [6.07, 6.45) is 3.53. The lowest BCUT2D eigenvalue weighted by atomic mass is 9.98. The highest BCUT2D eigenvalue weighted by Crippen LogP contribution is 2.37. The molecule has 0 aliphatic heterocycles. The normalized spacial score (nSPS) is 15.3. The number of aryl methyl sites for hydroxylation is 2. The maximum atomic E-state index is 11.5. The first-order valence-corrected chi connectivity index (χ1v) is 12.6. The summed E-state index contributed by atoms with van der Waals surface area (Å²) in [7, 11) is -3.37. The average Bonchev–Trinajstić information content (AvgIpc) is 3.30. The number of oxazole rings is 1. The molecule has 1 atom stereocenters. The number of carboxylic acid groups (broad SMARTS) is 1. The highest BCUT2D eigenvalue weighted by Gasteiger charge is 2.25. The maximum Gasteiger partial charge on any atom is 0.303 e. The molecule has 8 nitrogen and oxygen atoms in total. The highest BCUT2D eigenvalue weighted by molar-refractivity contribution is 7.92. The summed E-state index contributed by atoms with van der Waals surface area (Å²) in [5.74, 6) is 1.16. The Morgan fingerprint density at radius 1 is 1.27 bits per heavy atom. The van der Waals surface area contributed by atoms with Gasteiger partial charge >= 0.3 is 5.97 Å². The fourth-order valence-corrected chi connectivity index (χ4v) is 4.73. The van der Waals surface area contributed by atoms with Gasteiger partial charge in [0, 0.05) is 17.7 Å². The van der Waals surface area contributed by atoms with Gasteiger partial charge in [0.25, 0.3) is 0 Å². The van der Waals surface area contributed by atoms with E-state index in [1.165, 1.54) is 0 Å². The van der Waals surface area contributed by atoms with Gasteiger partial charge in [-0.1, -0.05) is 12.1 Å². The van der Waals surface area contributed by atoms with Crippen LogP contribution in [-0.4, -0.2) is 37.3 Å². The van der Waals surface area contributed by atoms with Crippen LogP contribution in [0.15, 0.2) is 46.9 Å². The standard InChI is InChI=1S/C24H26N2O6S/c1-15-22(25-24(32-15)18-4-3-5-19(12-18)26-33(2,29)30)10-11-31-20-8-9-21-16(13-20)6-7-17(21)14-23(27)28/h3-5,8-9,12-13,17,26H,6-7,10-11,14H2,1-2H3,(H,27,28)/t17-/m0/s1. The first-order valence-electron chi connectivity index (χ1n) is 10.7. The van der Waals surface area contributed by atoms with E-state index in [4.69, 9.17) is 14.3 Å². The summed E-state index contributed by atoms with van der Waals surface area (Å²) in [6, 6.07) is 12.7. The third-order valence-electron chi connectivity index (χ3n) is 5.65. The fraction of sp³-hybridized carbons (Fsp3) is 0.333. The molecule has 1 heterocycles. The molecule has 0 unspecified atom stereocenters. The van der Waals surface area contributed by atoms with Gasteiger partial charge < -0.3 is 14.3 Å². The highest BCUT2D eigenvalue weighted by atomic mass is 32.2. The Hall–Kier alpha value is -3.33. The topological polar surface area (TPSA) is 119 Å². The molecule has 9 heteroatoms. The van der Waals surface area contributed by atoms with Crippen molar-refractivity contribution >= 4 is 21.7 Å². The van der Waals surface area contributed by atoms with Crippen molar-refractivity contribution in [3.8, 4) is 17.2 Å². The van der Waals surface area contributed by atoms with Crippen LogP contribution in [0.4, 0.5) is 5.69 Å². The van der Waals surface area contributed by atoms with Crippen LogP contribution in [-0.2, 0) is 27.7 Å². The molecular formula is C24H26N2O6S. The number of carboxylic acids is 1. The summed E-state index contributed by atoms with van der Waals surface area (Å²) in [5, 5.41) is 9.07. The number of ether oxygens (including phenoxy) is 1. The van der Waals surface area contributed by atoms with Crippen molar-refractivity contribution in [3.05, 3.63) is 65.0 Å². The Kier molecular flexibility index (Phi) is 6.42. The number of nitrogens with zero attached hydrogens (tertiary/aromatic N) is 1. The Morgan fingerprint density at radius 2 is 2.09 bits per heavy atom. The Morgan fingerprint density at radius 3 is 2.85 bits per heavy atom. The number of aliphatic carboxylic acids is 1. The number of anilines is 1. The van der Waals surface area contributed by atoms with Crippen molar-refractivity contribution < 1.29 is 27.5 Å². The van der Waals surface area contributed by atoms with E-state index >= 15 is 0 Å². The zero-order chi connectivity index (χ0) is 23.6. The van der Waals surface area contributed by atoms with E-state index in [0.717, 1.165) is 41.7 Å². The average molecular weight is 471 g/mol. The molecule has 0 spiro atoms. The van der Waals surface area contributed by atoms with E-state index in [1.807, 2.05) is 25.1 Å². The molecule has 0 fully saturated rings. The van der Waals surface area contributed by atoms with E-state index in [1.54, 1.807) is 24.3 Å². The van der Waals surface area contributed by atoms with Gasteiger partial charge in [-0.2, -0.15) is 0 Å². The minimum absolute atomic E-state index is 0.0777. The second-order valence-electron chi connectivity index (χ2n) is 8.27. The quantitative estimate of drug-likeness (QED) is 0.482. The predicted molar refractivity (Wildman–Crippen MR) is 124 cm³/mol. The number of hydrogen-bond acceptors (Lipinski definition) is 6. The van der Waals surface area contributed by atoms with Crippen LogP contribution in [0.1, 0.15) is 41.3 Å². The molecule has 0 bridgehead atoms. The number of carbonyl (C=O) groups is 1. The minimum atomic E-state index is -3.37. The van der Waals surface area contributed by atoms with Gasteiger partial charge in [-0.15, -0.1) is 0 Å². The first kappa shape index (κ1) is 22.8. The number of sulfonamides is 1. The lowest BCUT2D eigenvalue weighted by Gasteiger charge is -2.10. The molecule has 3 aromatic rings. The van der Waals surface area contributed by atoms with Crippen molar-refractivity contribution in [2.45, 2.75) is 38.5 Å². The number of benzene rings is 2. The molecule has 0 radical (unpaired) electrons. The monoisotopic (exact) mass is 470 g/mol. The van der Waals surface area contributed by atoms with Crippen LogP contribution < -0.4 is 9.46 Å². The van der Waals surface area contributed by atoms with Gasteiger partial charge in [0.1, 0.15) is 11.5 Å². The van der Waals surface area contributed by atoms with Gasteiger partial charge in [0.2, 0.25) is 15.9 Å².